The third-order valence-corrected chi connectivity index (χ3v) is 4.37. The summed E-state index contributed by atoms with van der Waals surface area (Å²) in [4.78, 5) is 49.8. The van der Waals surface area contributed by atoms with Crippen molar-refractivity contribution in [3.8, 4) is 0 Å². The van der Waals surface area contributed by atoms with Crippen LogP contribution in [0.15, 0.2) is 73.4 Å². The molecule has 2 N–H and O–H groups in total. The number of carbonyl (C=O) groups is 1. The largest absolute Gasteiger partial charge is 0.423 e. The van der Waals surface area contributed by atoms with E-state index in [0.717, 1.165) is 0 Å². The topological polar surface area (TPSA) is 114 Å². The summed E-state index contributed by atoms with van der Waals surface area (Å²) >= 11 is 0. The van der Waals surface area contributed by atoms with E-state index in [1.807, 2.05) is 0 Å². The number of aryl methyl sites for hydroxylation is 1. The molecule has 2 aromatic carbocycles. The van der Waals surface area contributed by atoms with Gasteiger partial charge in [0.25, 0.3) is 5.56 Å². The zero-order valence-corrected chi connectivity index (χ0v) is 14.6. The Morgan fingerprint density at radius 1 is 1.04 bits per heavy atom. The van der Waals surface area contributed by atoms with Crippen molar-refractivity contribution in [1.29, 1.82) is 0 Å². The fourth-order valence-corrected chi connectivity index (χ4v) is 3.05. The van der Waals surface area contributed by atoms with Crippen molar-refractivity contribution in [1.82, 2.24) is 9.55 Å². The van der Waals surface area contributed by atoms with Crippen LogP contribution in [0.1, 0.15) is 6.42 Å². The predicted molar refractivity (Wildman–Crippen MR) is 105 cm³/mol. The second-order valence-electron chi connectivity index (χ2n) is 6.23. The third kappa shape index (κ3) is 3.35. The minimum absolute atomic E-state index is 0.0395. The number of fused-ring (bicyclic) bond motifs is 2. The van der Waals surface area contributed by atoms with Crippen LogP contribution in [0.5, 0.6) is 0 Å². The molecule has 4 rings (SSSR count). The number of rotatable bonds is 4. The number of hydrogen-bond donors (Lipinski definition) is 2. The van der Waals surface area contributed by atoms with E-state index in [1.165, 1.54) is 10.6 Å². The van der Waals surface area contributed by atoms with Gasteiger partial charge >= 0.3 is 11.3 Å². The summed E-state index contributed by atoms with van der Waals surface area (Å²) < 4.78 is 6.42. The van der Waals surface area contributed by atoms with E-state index in [0.29, 0.717) is 27.6 Å². The number of benzene rings is 2. The molecule has 0 atom stereocenters. The molecule has 28 heavy (non-hydrogen) atoms. The first-order valence-electron chi connectivity index (χ1n) is 8.57. The summed E-state index contributed by atoms with van der Waals surface area (Å²) in [7, 11) is 0. The molecule has 0 spiro atoms. The highest BCUT2D eigenvalue weighted by molar-refractivity contribution is 5.93. The van der Waals surface area contributed by atoms with E-state index >= 15 is 0 Å². The van der Waals surface area contributed by atoms with Gasteiger partial charge in [-0.25, -0.2) is 9.59 Å². The number of nitrogens with zero attached hydrogens (tertiary/aromatic N) is 1. The van der Waals surface area contributed by atoms with Gasteiger partial charge in [0.15, 0.2) is 0 Å². The van der Waals surface area contributed by atoms with Crippen LogP contribution in [-0.2, 0) is 11.3 Å². The van der Waals surface area contributed by atoms with Crippen LogP contribution in [0.2, 0.25) is 0 Å². The van der Waals surface area contributed by atoms with Gasteiger partial charge in [-0.15, -0.1) is 0 Å². The first-order chi connectivity index (χ1) is 13.5. The maximum Gasteiger partial charge on any atom is 0.336 e. The number of hydrogen-bond acceptors (Lipinski definition) is 5. The molecule has 0 aliphatic rings. The van der Waals surface area contributed by atoms with E-state index in [-0.39, 0.29) is 18.9 Å². The molecule has 8 nitrogen and oxygen atoms in total. The maximum atomic E-state index is 12.3. The molecule has 0 fully saturated rings. The number of carbonyl (C=O) groups excluding carboxylic acids is 1. The second kappa shape index (κ2) is 6.99. The van der Waals surface area contributed by atoms with E-state index in [2.05, 4.69) is 10.3 Å². The third-order valence-electron chi connectivity index (χ3n) is 4.37. The normalized spacial score (nSPS) is 11.0. The highest BCUT2D eigenvalue weighted by atomic mass is 16.4. The Balaban J connectivity index is 1.53. The lowest BCUT2D eigenvalue weighted by Crippen LogP contribution is -2.31. The first kappa shape index (κ1) is 17.5. The lowest BCUT2D eigenvalue weighted by Gasteiger charge is -2.10. The van der Waals surface area contributed by atoms with E-state index in [1.54, 1.807) is 48.5 Å². The van der Waals surface area contributed by atoms with Crippen molar-refractivity contribution in [3.63, 3.8) is 0 Å². The average Bonchev–Trinajstić information content (AvgIpc) is 2.68. The van der Waals surface area contributed by atoms with Gasteiger partial charge in [-0.05, 0) is 36.4 Å². The highest BCUT2D eigenvalue weighted by Crippen LogP contribution is 2.18. The maximum absolute atomic E-state index is 12.3. The minimum atomic E-state index is -0.558. The van der Waals surface area contributed by atoms with Crippen LogP contribution in [0, 0.1) is 0 Å². The quantitative estimate of drug-likeness (QED) is 0.527. The number of para-hydroxylation sites is 1. The molecule has 140 valence electrons. The second-order valence-corrected chi connectivity index (χ2v) is 6.23. The van der Waals surface area contributed by atoms with Crippen molar-refractivity contribution in [3.05, 3.63) is 85.9 Å². The van der Waals surface area contributed by atoms with Crippen LogP contribution in [0.3, 0.4) is 0 Å². The molecule has 2 aromatic heterocycles. The Bertz CT molecular complexity index is 1380. The molecule has 0 saturated carbocycles. The summed E-state index contributed by atoms with van der Waals surface area (Å²) in [5, 5.41) is 3.82. The molecule has 0 bridgehead atoms. The molecular formula is C20H15N3O5. The molecule has 1 amide bonds. The smallest absolute Gasteiger partial charge is 0.336 e. The summed E-state index contributed by atoms with van der Waals surface area (Å²) in [6, 6.07) is 14.6. The van der Waals surface area contributed by atoms with Crippen LogP contribution in [0.25, 0.3) is 21.9 Å². The van der Waals surface area contributed by atoms with Gasteiger partial charge < -0.3 is 9.73 Å². The SMILES string of the molecule is O=C(CCn1c(=O)[nH]c(=O)c2ccccc21)Nc1ccc2oc(=O)ccc2c1. The summed E-state index contributed by atoms with van der Waals surface area (Å²) in [5.41, 5.74) is -0.00391. The Morgan fingerprint density at radius 3 is 2.71 bits per heavy atom. The lowest BCUT2D eigenvalue weighted by atomic mass is 10.2. The number of nitrogens with one attached hydrogen (secondary N) is 2. The molecule has 4 aromatic rings. The van der Waals surface area contributed by atoms with Crippen LogP contribution < -0.4 is 22.2 Å². The molecule has 0 aliphatic heterocycles. The van der Waals surface area contributed by atoms with Crippen LogP contribution >= 0.6 is 0 Å². The van der Waals surface area contributed by atoms with E-state index < -0.39 is 16.9 Å². The van der Waals surface area contributed by atoms with Gasteiger partial charge in [0.1, 0.15) is 5.58 Å². The fourth-order valence-electron chi connectivity index (χ4n) is 3.05. The predicted octanol–water partition coefficient (Wildman–Crippen LogP) is 1.82. The molecule has 2 heterocycles. The summed E-state index contributed by atoms with van der Waals surface area (Å²) in [5.74, 6) is -0.293. The molecular weight excluding hydrogens is 362 g/mol. The van der Waals surface area contributed by atoms with Crippen molar-refractivity contribution in [2.24, 2.45) is 0 Å². The minimum Gasteiger partial charge on any atom is -0.423 e. The molecule has 0 saturated heterocycles. The van der Waals surface area contributed by atoms with Gasteiger partial charge in [0, 0.05) is 30.1 Å². The molecule has 0 radical (unpaired) electrons. The lowest BCUT2D eigenvalue weighted by molar-refractivity contribution is -0.116. The van der Waals surface area contributed by atoms with Crippen molar-refractivity contribution in [2.45, 2.75) is 13.0 Å². The number of amides is 1. The van der Waals surface area contributed by atoms with E-state index in [9.17, 15) is 19.2 Å². The molecule has 8 heteroatoms. The van der Waals surface area contributed by atoms with E-state index in [4.69, 9.17) is 4.42 Å². The number of aromatic amines is 1. The molecule has 0 unspecified atom stereocenters. The Labute approximate surface area is 157 Å². The van der Waals surface area contributed by atoms with Gasteiger partial charge in [-0.2, -0.15) is 0 Å². The van der Waals surface area contributed by atoms with Crippen molar-refractivity contribution in [2.75, 3.05) is 5.32 Å². The van der Waals surface area contributed by atoms with Crippen molar-refractivity contribution < 1.29 is 9.21 Å². The number of H-pyrrole nitrogens is 1. The van der Waals surface area contributed by atoms with Gasteiger partial charge in [-0.3, -0.25) is 19.1 Å². The Morgan fingerprint density at radius 2 is 1.86 bits per heavy atom. The Hall–Kier alpha value is -3.94. The van der Waals surface area contributed by atoms with Crippen molar-refractivity contribution >= 4 is 33.5 Å². The number of anilines is 1. The van der Waals surface area contributed by atoms with Gasteiger partial charge in [0.05, 0.1) is 10.9 Å². The zero-order valence-electron chi connectivity index (χ0n) is 14.6. The fraction of sp³-hybridized carbons (Fsp3) is 0.100. The first-order valence-corrected chi connectivity index (χ1v) is 8.57. The standard InChI is InChI=1S/C20H15N3O5/c24-17(21-13-6-7-16-12(11-13)5-8-18(25)28-16)9-10-23-15-4-2-1-3-14(15)19(26)22-20(23)27/h1-8,11H,9-10H2,(H,21,24)(H,22,26,27). The summed E-state index contributed by atoms with van der Waals surface area (Å²) in [6.45, 7) is 0.115. The Kier molecular flexibility index (Phi) is 4.36. The number of aromatic nitrogens is 2. The molecule has 0 aliphatic carbocycles. The van der Waals surface area contributed by atoms with Gasteiger partial charge in [0.2, 0.25) is 5.91 Å². The average molecular weight is 377 g/mol. The summed E-state index contributed by atoms with van der Waals surface area (Å²) in [6.07, 6.45) is 0.0395. The van der Waals surface area contributed by atoms with Crippen LogP contribution in [0.4, 0.5) is 5.69 Å². The van der Waals surface area contributed by atoms with Crippen LogP contribution in [-0.4, -0.2) is 15.5 Å². The zero-order chi connectivity index (χ0) is 19.7. The monoisotopic (exact) mass is 377 g/mol. The van der Waals surface area contributed by atoms with Gasteiger partial charge in [-0.1, -0.05) is 12.1 Å². The highest BCUT2D eigenvalue weighted by Gasteiger charge is 2.10.